The Balaban J connectivity index is 1.45. The van der Waals surface area contributed by atoms with Crippen LogP contribution in [-0.2, 0) is 38.1 Å². The van der Waals surface area contributed by atoms with E-state index in [-0.39, 0.29) is 29.7 Å². The molecule has 1 saturated heterocycles. The Morgan fingerprint density at radius 2 is 1.71 bits per heavy atom. The highest BCUT2D eigenvalue weighted by Crippen LogP contribution is 2.64. The molecule has 1 aromatic heterocycles. The molecule has 5 N–H and O–H groups in total. The van der Waals surface area contributed by atoms with Crippen LogP contribution >= 0.6 is 11.3 Å². The van der Waals surface area contributed by atoms with E-state index < -0.39 is 112 Å². The van der Waals surface area contributed by atoms with Gasteiger partial charge in [-0.2, -0.15) is 0 Å². The Bertz CT molecular complexity index is 2000. The zero-order valence-corrected chi connectivity index (χ0v) is 34.7. The third-order valence-corrected chi connectivity index (χ3v) is 13.7. The van der Waals surface area contributed by atoms with Gasteiger partial charge in [0.15, 0.2) is 17.5 Å². The van der Waals surface area contributed by atoms with Crippen molar-refractivity contribution in [1.82, 2.24) is 5.32 Å². The van der Waals surface area contributed by atoms with Crippen LogP contribution in [0.3, 0.4) is 0 Å². The number of carbonyl (C=O) groups is 5. The summed E-state index contributed by atoms with van der Waals surface area (Å²) in [7, 11) is 0. The average Bonchev–Trinajstić information content (AvgIpc) is 3.68. The molecule has 0 radical (unpaired) electrons. The van der Waals surface area contributed by atoms with Crippen molar-refractivity contribution >= 4 is 47.0 Å². The van der Waals surface area contributed by atoms with Crippen LogP contribution in [0, 0.1) is 22.2 Å². The summed E-state index contributed by atoms with van der Waals surface area (Å²) in [5, 5.41) is 53.5. The molecule has 2 aromatic rings. The first-order chi connectivity index (χ1) is 27.0. The van der Waals surface area contributed by atoms with Gasteiger partial charge in [-0.05, 0) is 60.1 Å². The fourth-order valence-corrected chi connectivity index (χ4v) is 10.3. The van der Waals surface area contributed by atoms with E-state index in [1.165, 1.54) is 43.4 Å². The Morgan fingerprint density at radius 1 is 1.03 bits per heavy atom. The largest absolute Gasteiger partial charge is 0.456 e. The first-order valence-electron chi connectivity index (χ1n) is 19.3. The molecule has 1 amide bonds. The van der Waals surface area contributed by atoms with Crippen LogP contribution in [0.2, 0.25) is 0 Å². The third kappa shape index (κ3) is 7.13. The van der Waals surface area contributed by atoms with Crippen LogP contribution < -0.4 is 5.32 Å². The zero-order chi connectivity index (χ0) is 42.7. The minimum atomic E-state index is -2.33. The van der Waals surface area contributed by atoms with Crippen LogP contribution in [0.4, 0.5) is 0 Å². The maximum atomic E-state index is 14.9. The van der Waals surface area contributed by atoms with Gasteiger partial charge in [0.1, 0.15) is 30.0 Å². The van der Waals surface area contributed by atoms with Gasteiger partial charge < -0.3 is 44.7 Å². The molecule has 1 aliphatic heterocycles. The summed E-state index contributed by atoms with van der Waals surface area (Å²) < 4.78 is 24.1. The van der Waals surface area contributed by atoms with Crippen LogP contribution in [-0.4, -0.2) is 110 Å². The zero-order valence-electron chi connectivity index (χ0n) is 33.9. The van der Waals surface area contributed by atoms with E-state index in [0.29, 0.717) is 0 Å². The van der Waals surface area contributed by atoms with E-state index >= 15 is 0 Å². The standard InChI is InChI=1S/C43H53NO13S/c1-22-26(55-38(52)32(49)34(39(3,4)5)44-29(47)17-16-25-15-12-18-58-25)20-43(53)36(56-37(51)24-13-10-9-11-14-24)33-41(8,35(50)31(48)30(22)40(43,6)7)27(46)19-28-42(33,21-54-28)57-23(2)45/h9-18,26-28,31-34,36,46,48-49,53H,19-21H2,1-8H3,(H,44,47)/b17-16+/t26-,27-,28?,31+,32+,33-,34+,36-,41+,42-,43+/m0/s1. The lowest BCUT2D eigenvalue weighted by Gasteiger charge is -2.67. The Hall–Kier alpha value is -4.25. The molecule has 1 unspecified atom stereocenters. The number of nitrogens with one attached hydrogen (secondary N) is 1. The molecule has 2 heterocycles. The van der Waals surface area contributed by atoms with Gasteiger partial charge in [-0.25, -0.2) is 9.59 Å². The molecule has 1 aromatic carbocycles. The van der Waals surface area contributed by atoms with Crippen LogP contribution in [0.25, 0.3) is 6.08 Å². The van der Waals surface area contributed by atoms with E-state index in [1.807, 2.05) is 17.5 Å². The number of carbonyl (C=O) groups excluding carboxylic acids is 5. The summed E-state index contributed by atoms with van der Waals surface area (Å²) in [5.74, 6) is -5.82. The molecule has 4 aliphatic rings. The minimum Gasteiger partial charge on any atom is -0.456 e. The lowest BCUT2D eigenvalue weighted by Crippen LogP contribution is -2.81. The number of ketones is 1. The second-order valence-corrected chi connectivity index (χ2v) is 18.7. The van der Waals surface area contributed by atoms with Gasteiger partial charge in [-0.15, -0.1) is 11.3 Å². The third-order valence-electron chi connectivity index (χ3n) is 12.9. The number of thiophene rings is 1. The van der Waals surface area contributed by atoms with E-state index in [1.54, 1.807) is 58.9 Å². The average molecular weight is 824 g/mol. The van der Waals surface area contributed by atoms with Crippen molar-refractivity contribution < 1.29 is 63.3 Å². The van der Waals surface area contributed by atoms with Crippen LogP contribution in [0.1, 0.15) is 83.5 Å². The summed E-state index contributed by atoms with van der Waals surface area (Å²) >= 11 is 1.42. The number of Topliss-reactive ketones (excluding diaryl/α,β-unsaturated/α-hetero) is 1. The Kier molecular flexibility index (Phi) is 11.5. The number of aliphatic hydroxyl groups excluding tert-OH is 3. The van der Waals surface area contributed by atoms with Crippen LogP contribution in [0.5, 0.6) is 0 Å². The van der Waals surface area contributed by atoms with Crippen molar-refractivity contribution in [3.05, 3.63) is 75.5 Å². The highest BCUT2D eigenvalue weighted by molar-refractivity contribution is 7.10. The first kappa shape index (κ1) is 43.3. The Labute approximate surface area is 341 Å². The predicted molar refractivity (Wildman–Crippen MR) is 210 cm³/mol. The topological polar surface area (TPSA) is 215 Å². The van der Waals surface area contributed by atoms with Crippen molar-refractivity contribution in [1.29, 1.82) is 0 Å². The summed E-state index contributed by atoms with van der Waals surface area (Å²) in [4.78, 5) is 69.8. The van der Waals surface area contributed by atoms with Gasteiger partial charge in [0.25, 0.3) is 0 Å². The molecular weight excluding hydrogens is 771 g/mol. The van der Waals surface area contributed by atoms with Gasteiger partial charge in [0.2, 0.25) is 5.91 Å². The summed E-state index contributed by atoms with van der Waals surface area (Å²) in [5.41, 5.74) is -8.30. The number of rotatable bonds is 9. The van der Waals surface area contributed by atoms with E-state index in [0.717, 1.165) is 11.8 Å². The maximum Gasteiger partial charge on any atom is 0.338 e. The molecule has 6 rings (SSSR count). The molecule has 0 spiro atoms. The Morgan fingerprint density at radius 3 is 2.28 bits per heavy atom. The maximum absolute atomic E-state index is 14.9. The predicted octanol–water partition coefficient (Wildman–Crippen LogP) is 3.30. The molecule has 58 heavy (non-hydrogen) atoms. The lowest BCUT2D eigenvalue weighted by atomic mass is 9.44. The number of hydrogen-bond donors (Lipinski definition) is 5. The smallest absolute Gasteiger partial charge is 0.338 e. The first-order valence-corrected chi connectivity index (χ1v) is 20.2. The van der Waals surface area contributed by atoms with Crippen LogP contribution in [0.15, 0.2) is 65.1 Å². The number of esters is 3. The summed E-state index contributed by atoms with van der Waals surface area (Å²) in [6.07, 6.45) is -7.42. The van der Waals surface area contributed by atoms with Crippen molar-refractivity contribution in [3.8, 4) is 0 Å². The molecular formula is C43H53NO13S. The highest BCUT2D eigenvalue weighted by Gasteiger charge is 2.78. The van der Waals surface area contributed by atoms with Crippen molar-refractivity contribution in [2.24, 2.45) is 22.2 Å². The quantitative estimate of drug-likeness (QED) is 0.106. The summed E-state index contributed by atoms with van der Waals surface area (Å²) in [6.45, 7) is 12.1. The molecule has 2 saturated carbocycles. The number of amides is 1. The van der Waals surface area contributed by atoms with Gasteiger partial charge in [0, 0.05) is 36.1 Å². The number of benzene rings is 1. The van der Waals surface area contributed by atoms with Gasteiger partial charge in [-0.3, -0.25) is 14.4 Å². The van der Waals surface area contributed by atoms with Gasteiger partial charge in [-0.1, -0.05) is 58.9 Å². The van der Waals surface area contributed by atoms with Gasteiger partial charge in [0.05, 0.1) is 35.6 Å². The van der Waals surface area contributed by atoms with E-state index in [4.69, 9.17) is 18.9 Å². The number of fused-ring (bicyclic) bond motifs is 5. The number of ether oxygens (including phenoxy) is 4. The normalized spacial score (nSPS) is 34.0. The summed E-state index contributed by atoms with van der Waals surface area (Å²) in [6, 6.07) is 10.4. The molecule has 11 atom stereocenters. The lowest BCUT2D eigenvalue weighted by molar-refractivity contribution is -0.346. The fraction of sp³-hybridized carbons (Fsp3) is 0.558. The molecule has 3 aliphatic carbocycles. The second-order valence-electron chi connectivity index (χ2n) is 17.7. The van der Waals surface area contributed by atoms with E-state index in [2.05, 4.69) is 5.32 Å². The van der Waals surface area contributed by atoms with Crippen molar-refractivity contribution in [3.63, 3.8) is 0 Å². The minimum absolute atomic E-state index is 0.0425. The van der Waals surface area contributed by atoms with Crippen molar-refractivity contribution in [2.45, 2.75) is 122 Å². The SMILES string of the molecule is CC(=O)O[C@@]12COC1C[C@H](O)[C@@]1(C)C(=O)[C@H](O)C3=C(C)[C@@H](OC(=O)[C@H](O)[C@@H](NC(=O)/C=C/c4cccs4)C(C)(C)C)C[C@@](O)([C@@H](OC(=O)c4ccccc4)[C@@H]12)C3(C)C. The molecule has 314 valence electrons. The fourth-order valence-electron chi connectivity index (χ4n) is 9.63. The molecule has 3 fully saturated rings. The molecule has 2 bridgehead atoms. The van der Waals surface area contributed by atoms with Gasteiger partial charge >= 0.3 is 17.9 Å². The number of hydrogen-bond acceptors (Lipinski definition) is 14. The highest BCUT2D eigenvalue weighted by atomic mass is 32.1. The molecule has 14 nitrogen and oxygen atoms in total. The monoisotopic (exact) mass is 823 g/mol. The van der Waals surface area contributed by atoms with E-state index in [9.17, 15) is 44.4 Å². The molecule has 15 heteroatoms. The van der Waals surface area contributed by atoms with Crippen molar-refractivity contribution in [2.75, 3.05) is 6.61 Å². The number of aliphatic hydroxyl groups is 4. The second kappa shape index (κ2) is 15.4.